The van der Waals surface area contributed by atoms with Gasteiger partial charge in [-0.2, -0.15) is 0 Å². The average molecular weight is 249 g/mol. The predicted octanol–water partition coefficient (Wildman–Crippen LogP) is -2.54. The van der Waals surface area contributed by atoms with E-state index in [1.165, 1.54) is 0 Å². The second-order valence-electron chi connectivity index (χ2n) is 0.475. The first-order valence-corrected chi connectivity index (χ1v) is 3.58. The summed E-state index contributed by atoms with van der Waals surface area (Å²) >= 11 is 0. The molecule has 0 aromatic rings. The predicted molar refractivity (Wildman–Crippen MR) is 15.1 cm³/mol. The molecule has 0 saturated carbocycles. The van der Waals surface area contributed by atoms with Crippen molar-refractivity contribution in [2.45, 2.75) is 0 Å². The van der Waals surface area contributed by atoms with Gasteiger partial charge in [0.1, 0.15) is 0 Å². The third-order valence-corrected chi connectivity index (χ3v) is 0. The third kappa shape index (κ3) is 2400. The van der Waals surface area contributed by atoms with Crippen LogP contribution in [-0.4, -0.2) is 18.5 Å². The summed E-state index contributed by atoms with van der Waals surface area (Å²) in [5.41, 5.74) is 0. The second kappa shape index (κ2) is 11.2. The zero-order valence-electron chi connectivity index (χ0n) is 3.89. The maximum atomic E-state index is 9.99. The Morgan fingerprint density at radius 1 is 1.00 bits per heavy atom. The zero-order valence-corrected chi connectivity index (χ0v) is 8.35. The quantitative estimate of drug-likeness (QED) is 0.350. The second-order valence-corrected chi connectivity index (χ2v) is 1.43. The molecule has 0 spiro atoms. The number of rotatable bonds is 0. The van der Waals surface area contributed by atoms with Crippen molar-refractivity contribution < 1.29 is 52.9 Å². The molecule has 0 aliphatic rings. The summed E-state index contributed by atoms with van der Waals surface area (Å²) < 4.78 is 36.8. The van der Waals surface area contributed by atoms with E-state index < -0.39 is 18.5 Å². The summed E-state index contributed by atoms with van der Waals surface area (Å²) in [6.07, 6.45) is 0. The minimum atomic E-state index is -3.88. The zero-order chi connectivity index (χ0) is 7.15. The fourth-order valence-electron chi connectivity index (χ4n) is 0. The molecule has 0 aromatic carbocycles. The van der Waals surface area contributed by atoms with Crippen LogP contribution in [0.15, 0.2) is 0 Å². The molecule has 0 aromatic heterocycles. The summed E-state index contributed by atoms with van der Waals surface area (Å²) in [5.74, 6) is 0. The van der Waals surface area contributed by atoms with E-state index in [0.717, 1.165) is 0 Å². The van der Waals surface area contributed by atoms with Crippen LogP contribution in [-0.2, 0) is 35.1 Å². The van der Waals surface area contributed by atoms with E-state index in [1.54, 1.807) is 0 Å². The maximum absolute atomic E-state index is 9.99. The van der Waals surface area contributed by atoms with Crippen LogP contribution in [0.25, 0.3) is 0 Å². The van der Waals surface area contributed by atoms with E-state index >= 15 is 0 Å². The molecule has 0 saturated heterocycles. The van der Waals surface area contributed by atoms with Crippen LogP contribution in [0.1, 0.15) is 0 Å². The van der Waals surface area contributed by atoms with Crippen LogP contribution >= 0.6 is 0 Å². The van der Waals surface area contributed by atoms with Gasteiger partial charge in [0.25, 0.3) is 0 Å². The Balaban J connectivity index is -0.0000000720. The summed E-state index contributed by atoms with van der Waals surface area (Å²) in [7, 11) is -7.76. The first-order valence-electron chi connectivity index (χ1n) is 1.19. The molecule has 4 nitrogen and oxygen atoms in total. The van der Waals surface area contributed by atoms with Crippen LogP contribution in [0.5, 0.6) is 0 Å². The van der Waals surface area contributed by atoms with Crippen molar-refractivity contribution in [2.24, 2.45) is 0 Å². The van der Waals surface area contributed by atoms with Gasteiger partial charge < -0.3 is 18.5 Å². The smallest absolute Gasteiger partial charge is 0.560 e. The van der Waals surface area contributed by atoms with Gasteiger partial charge in [0, 0.05) is 0 Å². The van der Waals surface area contributed by atoms with E-state index in [0.29, 0.717) is 0 Å². The molecule has 0 aliphatic heterocycles. The Hall–Kier alpha value is 0.377. The molecule has 0 unspecified atom stereocenters. The molecule has 0 heterocycles. The van der Waals surface area contributed by atoms with Crippen LogP contribution in [0.4, 0.5) is 8.22 Å². The Morgan fingerprint density at radius 3 is 1.00 bits per heavy atom. The van der Waals surface area contributed by atoms with Crippen LogP contribution in [0, 0.1) is 0 Å². The Bertz CT molecular complexity index is 74.6. The first-order chi connectivity index (χ1) is 3.46. The molecule has 0 bridgehead atoms. The molecule has 9 heteroatoms. The van der Waals surface area contributed by atoms with E-state index in [2.05, 4.69) is 0 Å². The van der Waals surface area contributed by atoms with E-state index in [4.69, 9.17) is 18.5 Å². The molecule has 0 fully saturated rings. The van der Waals surface area contributed by atoms with Gasteiger partial charge in [0.05, 0.1) is 0 Å². The Kier molecular flexibility index (Phi) is 20.2. The third-order valence-electron chi connectivity index (χ3n) is 0. The van der Waals surface area contributed by atoms with Gasteiger partial charge >= 0.3 is 44.7 Å². The molecule has 50 valence electrons. The topological polar surface area (TPSA) is 80.3 Å². The van der Waals surface area contributed by atoms with Gasteiger partial charge in [0.2, 0.25) is 0 Å². The van der Waals surface area contributed by atoms with Crippen LogP contribution < -0.4 is 9.59 Å². The summed E-state index contributed by atoms with van der Waals surface area (Å²) in [6, 6.07) is 0. The average Bonchev–Trinajstić information content (AvgIpc) is 1.25. The molecule has 0 rings (SSSR count). The molecule has 0 atom stereocenters. The minimum absolute atomic E-state index is 0. The maximum Gasteiger partial charge on any atom is 2.00 e. The minimum Gasteiger partial charge on any atom is -0.560 e. The Labute approximate surface area is 71.6 Å². The van der Waals surface area contributed by atoms with Crippen molar-refractivity contribution in [3.05, 3.63) is 0 Å². The van der Waals surface area contributed by atoms with Crippen LogP contribution in [0.3, 0.4) is 0 Å². The molecule has 0 amide bonds. The Morgan fingerprint density at radius 2 is 1.00 bits per heavy atom. The van der Waals surface area contributed by atoms with Gasteiger partial charge in [-0.25, -0.2) is 0 Å². The summed E-state index contributed by atoms with van der Waals surface area (Å²) in [6.45, 7) is 0. The van der Waals surface area contributed by atoms with E-state index in [9.17, 15) is 8.22 Å². The first kappa shape index (κ1) is 16.2. The number of hydrogen-bond acceptors (Lipinski definition) is 4. The van der Waals surface area contributed by atoms with Gasteiger partial charge in [-0.3, -0.25) is 8.22 Å². The molecular formula is F2O4Si2Zr. The van der Waals surface area contributed by atoms with Gasteiger partial charge in [0.15, 0.2) is 0 Å². The number of hydrogen-bond donors (Lipinski definition) is 0. The van der Waals surface area contributed by atoms with Gasteiger partial charge in [-0.1, -0.05) is 0 Å². The van der Waals surface area contributed by atoms with Crippen molar-refractivity contribution in [1.82, 2.24) is 0 Å². The van der Waals surface area contributed by atoms with Crippen molar-refractivity contribution >= 4 is 18.5 Å². The molecule has 9 heavy (non-hydrogen) atoms. The van der Waals surface area contributed by atoms with Gasteiger partial charge in [-0.15, -0.1) is 0 Å². The number of halogens is 2. The standard InChI is InChI=1S/2FO2Si.Zr/c2*1-4(2)3;/q2*-1;+2. The molecule has 0 radical (unpaired) electrons. The monoisotopic (exact) mass is 248 g/mol. The van der Waals surface area contributed by atoms with Crippen molar-refractivity contribution in [3.8, 4) is 0 Å². The van der Waals surface area contributed by atoms with Gasteiger partial charge in [-0.05, 0) is 0 Å². The van der Waals surface area contributed by atoms with Crippen molar-refractivity contribution in [1.29, 1.82) is 0 Å². The molecule has 0 N–H and O–H groups in total. The molecule has 0 aliphatic carbocycles. The van der Waals surface area contributed by atoms with E-state index in [1.807, 2.05) is 0 Å². The van der Waals surface area contributed by atoms with Crippen molar-refractivity contribution in [2.75, 3.05) is 0 Å². The van der Waals surface area contributed by atoms with Crippen LogP contribution in [0.2, 0.25) is 0 Å². The molecular weight excluding hydrogens is 249 g/mol. The fourth-order valence-corrected chi connectivity index (χ4v) is 0. The largest absolute Gasteiger partial charge is 2.00 e. The summed E-state index contributed by atoms with van der Waals surface area (Å²) in [4.78, 5) is 16.8. The SMILES string of the molecule is O=[Si]([O-])F.O=[Si]([O-])F.[Zr+2]. The normalized spacial score (nSPS) is 5.56. The fraction of sp³-hybridized carbons (Fsp3) is 0. The van der Waals surface area contributed by atoms with Crippen molar-refractivity contribution in [3.63, 3.8) is 0 Å². The van der Waals surface area contributed by atoms with E-state index in [-0.39, 0.29) is 26.2 Å². The summed E-state index contributed by atoms with van der Waals surface area (Å²) in [5, 5.41) is 0.